The van der Waals surface area contributed by atoms with E-state index in [0.29, 0.717) is 20.1 Å². The van der Waals surface area contributed by atoms with E-state index in [-0.39, 0.29) is 5.78 Å². The average molecular weight is 303 g/mol. The Hall–Kier alpha value is -0.660. The van der Waals surface area contributed by atoms with Gasteiger partial charge >= 0.3 is 0 Å². The Morgan fingerprint density at radius 3 is 2.31 bits per heavy atom. The summed E-state index contributed by atoms with van der Waals surface area (Å²) in [6.45, 7) is 1.44. The van der Waals surface area contributed by atoms with Crippen LogP contribution in [-0.2, 0) is 0 Å². The molecule has 0 aliphatic rings. The van der Waals surface area contributed by atoms with E-state index in [1.165, 1.54) is 6.92 Å². The standard InChI is InChI=1S/C9H5Br2NO/c1-5(13)9-6(4-12)7(10)2-3-8(9)11/h2-3H,1H3. The highest BCUT2D eigenvalue weighted by atomic mass is 79.9. The van der Waals surface area contributed by atoms with Crippen LogP contribution in [0.25, 0.3) is 0 Å². The van der Waals surface area contributed by atoms with Crippen molar-refractivity contribution in [1.29, 1.82) is 5.26 Å². The molecule has 0 heterocycles. The van der Waals surface area contributed by atoms with Gasteiger partial charge in [-0.15, -0.1) is 0 Å². The van der Waals surface area contributed by atoms with Crippen molar-refractivity contribution < 1.29 is 4.79 Å². The van der Waals surface area contributed by atoms with Crippen molar-refractivity contribution in [3.8, 4) is 6.07 Å². The molecular formula is C9H5Br2NO. The van der Waals surface area contributed by atoms with Crippen LogP contribution in [0.3, 0.4) is 0 Å². The molecule has 13 heavy (non-hydrogen) atoms. The smallest absolute Gasteiger partial charge is 0.162 e. The summed E-state index contributed by atoms with van der Waals surface area (Å²) in [4.78, 5) is 11.2. The Morgan fingerprint density at radius 2 is 1.92 bits per heavy atom. The maximum absolute atomic E-state index is 11.2. The maximum atomic E-state index is 11.2. The highest BCUT2D eigenvalue weighted by molar-refractivity contribution is 9.11. The lowest BCUT2D eigenvalue weighted by molar-refractivity contribution is 0.101. The van der Waals surface area contributed by atoms with Crippen LogP contribution in [0.15, 0.2) is 21.1 Å². The van der Waals surface area contributed by atoms with E-state index in [0.717, 1.165) is 0 Å². The van der Waals surface area contributed by atoms with Gasteiger partial charge in [-0.1, -0.05) is 0 Å². The zero-order valence-electron chi connectivity index (χ0n) is 6.77. The SMILES string of the molecule is CC(=O)c1c(Br)ccc(Br)c1C#N. The molecule has 0 amide bonds. The molecule has 0 aliphatic carbocycles. The lowest BCUT2D eigenvalue weighted by atomic mass is 10.1. The van der Waals surface area contributed by atoms with Gasteiger partial charge < -0.3 is 0 Å². The second kappa shape index (κ2) is 4.03. The van der Waals surface area contributed by atoms with Crippen molar-refractivity contribution in [2.75, 3.05) is 0 Å². The van der Waals surface area contributed by atoms with Gasteiger partial charge in [-0.05, 0) is 50.9 Å². The minimum absolute atomic E-state index is 0.121. The first-order chi connectivity index (χ1) is 6.07. The Bertz CT molecular complexity index is 407. The van der Waals surface area contributed by atoms with Gasteiger partial charge in [-0.3, -0.25) is 4.79 Å². The summed E-state index contributed by atoms with van der Waals surface area (Å²) < 4.78 is 1.29. The fourth-order valence-corrected chi connectivity index (χ4v) is 2.03. The number of benzene rings is 1. The monoisotopic (exact) mass is 301 g/mol. The molecule has 1 rings (SSSR count). The molecule has 0 fully saturated rings. The predicted molar refractivity (Wildman–Crippen MR) is 56.6 cm³/mol. The number of nitrogens with zero attached hydrogens (tertiary/aromatic N) is 1. The van der Waals surface area contributed by atoms with E-state index in [9.17, 15) is 4.79 Å². The van der Waals surface area contributed by atoms with E-state index in [4.69, 9.17) is 5.26 Å². The third kappa shape index (κ3) is 1.98. The second-order valence-corrected chi connectivity index (χ2v) is 4.16. The van der Waals surface area contributed by atoms with E-state index < -0.39 is 0 Å². The molecule has 4 heteroatoms. The summed E-state index contributed by atoms with van der Waals surface area (Å²) in [5, 5.41) is 8.82. The summed E-state index contributed by atoms with van der Waals surface area (Å²) in [5.41, 5.74) is 0.804. The minimum Gasteiger partial charge on any atom is -0.294 e. The maximum Gasteiger partial charge on any atom is 0.162 e. The lowest BCUT2D eigenvalue weighted by Crippen LogP contribution is -1.98. The summed E-state index contributed by atoms with van der Waals surface area (Å²) in [5.74, 6) is -0.121. The quantitative estimate of drug-likeness (QED) is 0.747. The average Bonchev–Trinajstić information content (AvgIpc) is 2.07. The van der Waals surface area contributed by atoms with Crippen LogP contribution < -0.4 is 0 Å². The summed E-state index contributed by atoms with van der Waals surface area (Å²) in [6, 6.07) is 5.46. The zero-order valence-corrected chi connectivity index (χ0v) is 9.94. The number of hydrogen-bond donors (Lipinski definition) is 0. The molecule has 0 aliphatic heterocycles. The van der Waals surface area contributed by atoms with Gasteiger partial charge in [0.2, 0.25) is 0 Å². The molecule has 0 aromatic heterocycles. The molecule has 0 spiro atoms. The van der Waals surface area contributed by atoms with Gasteiger partial charge in [0.15, 0.2) is 5.78 Å². The van der Waals surface area contributed by atoms with Crippen molar-refractivity contribution in [3.05, 3.63) is 32.2 Å². The van der Waals surface area contributed by atoms with E-state index in [1.807, 2.05) is 6.07 Å². The molecule has 0 radical (unpaired) electrons. The summed E-state index contributed by atoms with van der Waals surface area (Å²) in [7, 11) is 0. The van der Waals surface area contributed by atoms with Crippen molar-refractivity contribution in [2.24, 2.45) is 0 Å². The predicted octanol–water partition coefficient (Wildman–Crippen LogP) is 3.29. The van der Waals surface area contributed by atoms with E-state index in [2.05, 4.69) is 31.9 Å². The van der Waals surface area contributed by atoms with Crippen molar-refractivity contribution in [3.63, 3.8) is 0 Å². The molecule has 0 bridgehead atoms. The van der Waals surface area contributed by atoms with Crippen LogP contribution in [0.4, 0.5) is 0 Å². The summed E-state index contributed by atoms with van der Waals surface area (Å²) >= 11 is 6.44. The number of carbonyl (C=O) groups is 1. The topological polar surface area (TPSA) is 40.9 Å². The van der Waals surface area contributed by atoms with Gasteiger partial charge in [-0.2, -0.15) is 5.26 Å². The largest absolute Gasteiger partial charge is 0.294 e. The third-order valence-corrected chi connectivity index (χ3v) is 2.89. The summed E-state index contributed by atoms with van der Waals surface area (Å²) in [6.07, 6.45) is 0. The number of rotatable bonds is 1. The number of nitriles is 1. The number of Topliss-reactive ketones (excluding diaryl/α,β-unsaturated/α-hetero) is 1. The molecule has 0 atom stereocenters. The Labute approximate surface area is 92.8 Å². The molecule has 0 N–H and O–H groups in total. The molecule has 0 saturated heterocycles. The molecule has 1 aromatic carbocycles. The fraction of sp³-hybridized carbons (Fsp3) is 0.111. The van der Waals surface area contributed by atoms with Crippen LogP contribution >= 0.6 is 31.9 Å². The van der Waals surface area contributed by atoms with Crippen LogP contribution in [0, 0.1) is 11.3 Å². The zero-order chi connectivity index (χ0) is 10.0. The number of halogens is 2. The Kier molecular flexibility index (Phi) is 3.23. The third-order valence-electron chi connectivity index (χ3n) is 1.57. The van der Waals surface area contributed by atoms with Crippen LogP contribution in [0.5, 0.6) is 0 Å². The van der Waals surface area contributed by atoms with Gasteiger partial charge in [0.05, 0.1) is 11.1 Å². The second-order valence-electron chi connectivity index (χ2n) is 2.45. The van der Waals surface area contributed by atoms with Crippen molar-refractivity contribution in [1.82, 2.24) is 0 Å². The molecular weight excluding hydrogens is 298 g/mol. The Balaban J connectivity index is 3.55. The van der Waals surface area contributed by atoms with Gasteiger partial charge in [0, 0.05) is 8.95 Å². The lowest BCUT2D eigenvalue weighted by Gasteiger charge is -2.03. The highest BCUT2D eigenvalue weighted by Crippen LogP contribution is 2.27. The number of ketones is 1. The molecule has 0 saturated carbocycles. The molecule has 0 unspecified atom stereocenters. The van der Waals surface area contributed by atoms with E-state index in [1.54, 1.807) is 12.1 Å². The molecule has 2 nitrogen and oxygen atoms in total. The highest BCUT2D eigenvalue weighted by Gasteiger charge is 2.13. The van der Waals surface area contributed by atoms with E-state index >= 15 is 0 Å². The van der Waals surface area contributed by atoms with Gasteiger partial charge in [-0.25, -0.2) is 0 Å². The van der Waals surface area contributed by atoms with Gasteiger partial charge in [0.1, 0.15) is 6.07 Å². The Morgan fingerprint density at radius 1 is 1.38 bits per heavy atom. The van der Waals surface area contributed by atoms with Crippen molar-refractivity contribution >= 4 is 37.6 Å². The first-order valence-corrected chi connectivity index (χ1v) is 5.05. The first-order valence-electron chi connectivity index (χ1n) is 3.47. The number of hydrogen-bond acceptors (Lipinski definition) is 2. The minimum atomic E-state index is -0.121. The van der Waals surface area contributed by atoms with Crippen LogP contribution in [0.2, 0.25) is 0 Å². The van der Waals surface area contributed by atoms with Crippen LogP contribution in [0.1, 0.15) is 22.8 Å². The number of carbonyl (C=O) groups excluding carboxylic acids is 1. The first kappa shape index (κ1) is 10.4. The molecule has 1 aromatic rings. The van der Waals surface area contributed by atoms with Crippen LogP contribution in [-0.4, -0.2) is 5.78 Å². The fourth-order valence-electron chi connectivity index (χ4n) is 1.01. The van der Waals surface area contributed by atoms with Crippen molar-refractivity contribution in [2.45, 2.75) is 6.92 Å². The molecule has 66 valence electrons. The van der Waals surface area contributed by atoms with Gasteiger partial charge in [0.25, 0.3) is 0 Å². The normalized spacial score (nSPS) is 9.38.